The van der Waals surface area contributed by atoms with Crippen LogP contribution in [-0.2, 0) is 0 Å². The predicted octanol–water partition coefficient (Wildman–Crippen LogP) is 6.20. The zero-order valence-electron chi connectivity index (χ0n) is 10.2. The highest BCUT2D eigenvalue weighted by Crippen LogP contribution is 2.33. The fourth-order valence-electron chi connectivity index (χ4n) is 2.01. The second-order valence-electron chi connectivity index (χ2n) is 4.24. The Bertz CT molecular complexity index is 756. The van der Waals surface area contributed by atoms with Gasteiger partial charge in [-0.15, -0.1) is 0 Å². The Labute approximate surface area is 138 Å². The van der Waals surface area contributed by atoms with Crippen molar-refractivity contribution >= 4 is 44.1 Å². The molecule has 0 saturated heterocycles. The van der Waals surface area contributed by atoms with Crippen LogP contribution in [0.2, 0.25) is 0 Å². The molecule has 100 valence electrons. The zero-order valence-corrected chi connectivity index (χ0v) is 14.2. The quantitative estimate of drug-likeness (QED) is 0.509. The van der Waals surface area contributed by atoms with Gasteiger partial charge in [0.05, 0.1) is 5.69 Å². The van der Waals surface area contributed by atoms with Crippen LogP contribution in [0.3, 0.4) is 0 Å². The molecule has 0 amide bonds. The van der Waals surface area contributed by atoms with Gasteiger partial charge in [-0.2, -0.15) is 0 Å². The van der Waals surface area contributed by atoms with Gasteiger partial charge in [-0.3, -0.25) is 0 Å². The maximum atomic E-state index is 5.67. The van der Waals surface area contributed by atoms with Gasteiger partial charge < -0.3 is 9.40 Å². The van der Waals surface area contributed by atoms with Crippen molar-refractivity contribution < 1.29 is 4.42 Å². The van der Waals surface area contributed by atoms with Crippen LogP contribution in [-0.4, -0.2) is 4.98 Å². The van der Waals surface area contributed by atoms with Crippen LogP contribution in [0, 0.1) is 4.84 Å². The smallest absolute Gasteiger partial charge is 0.266 e. The number of nitrogens with one attached hydrogen (secondary N) is 1. The molecule has 0 unspecified atom stereocenters. The second kappa shape index (κ2) is 5.68. The Morgan fingerprint density at radius 2 is 1.50 bits per heavy atom. The Morgan fingerprint density at radius 1 is 0.900 bits per heavy atom. The number of aromatic nitrogens is 1. The lowest BCUT2D eigenvalue weighted by Crippen LogP contribution is -1.82. The standard InChI is InChI=1S/C15H9Br2NOS/c16-11-5-1-3-9(7-11)13-14(19-15(20)18-13)10-4-2-6-12(17)8-10/h1-8H,(H,18,20). The number of rotatable bonds is 2. The molecule has 0 bridgehead atoms. The first-order chi connectivity index (χ1) is 9.63. The highest BCUT2D eigenvalue weighted by atomic mass is 79.9. The zero-order chi connectivity index (χ0) is 14.1. The van der Waals surface area contributed by atoms with E-state index in [2.05, 4.69) is 36.8 Å². The molecule has 0 saturated carbocycles. The minimum atomic E-state index is 0.370. The summed E-state index contributed by atoms with van der Waals surface area (Å²) in [7, 11) is 0. The van der Waals surface area contributed by atoms with Crippen molar-refractivity contribution in [2.45, 2.75) is 0 Å². The first-order valence-corrected chi connectivity index (χ1v) is 7.88. The SMILES string of the molecule is S=c1[nH]c(-c2cccc(Br)c2)c(-c2cccc(Br)c2)o1. The monoisotopic (exact) mass is 409 g/mol. The largest absolute Gasteiger partial charge is 0.429 e. The molecule has 0 fully saturated rings. The van der Waals surface area contributed by atoms with Gasteiger partial charge in [0.2, 0.25) is 0 Å². The van der Waals surface area contributed by atoms with E-state index in [0.717, 1.165) is 31.5 Å². The average molecular weight is 411 g/mol. The molecule has 20 heavy (non-hydrogen) atoms. The van der Waals surface area contributed by atoms with E-state index in [1.165, 1.54) is 0 Å². The van der Waals surface area contributed by atoms with E-state index in [9.17, 15) is 0 Å². The number of benzene rings is 2. The highest BCUT2D eigenvalue weighted by molar-refractivity contribution is 9.10. The van der Waals surface area contributed by atoms with E-state index < -0.39 is 0 Å². The first-order valence-electron chi connectivity index (χ1n) is 5.88. The number of hydrogen-bond donors (Lipinski definition) is 1. The van der Waals surface area contributed by atoms with Crippen LogP contribution >= 0.6 is 44.1 Å². The van der Waals surface area contributed by atoms with Crippen molar-refractivity contribution in [3.05, 3.63) is 62.3 Å². The fourth-order valence-corrected chi connectivity index (χ4v) is 2.99. The molecule has 2 nitrogen and oxygen atoms in total. The number of halogens is 2. The summed E-state index contributed by atoms with van der Waals surface area (Å²) in [6.45, 7) is 0. The summed E-state index contributed by atoms with van der Waals surface area (Å²) in [5.74, 6) is 0.745. The molecule has 0 aliphatic heterocycles. The molecule has 5 heteroatoms. The summed E-state index contributed by atoms with van der Waals surface area (Å²) in [6.07, 6.45) is 0. The van der Waals surface area contributed by atoms with Crippen molar-refractivity contribution in [2.75, 3.05) is 0 Å². The van der Waals surface area contributed by atoms with Crippen LogP contribution < -0.4 is 0 Å². The molecule has 0 radical (unpaired) electrons. The highest BCUT2D eigenvalue weighted by Gasteiger charge is 2.13. The molecule has 3 aromatic rings. The molecule has 0 aliphatic rings. The van der Waals surface area contributed by atoms with Gasteiger partial charge in [-0.05, 0) is 36.5 Å². The first kappa shape index (κ1) is 13.8. The molecule has 0 spiro atoms. The fraction of sp³-hybridized carbons (Fsp3) is 0. The molecular weight excluding hydrogens is 402 g/mol. The van der Waals surface area contributed by atoms with Gasteiger partial charge in [0.25, 0.3) is 4.84 Å². The number of oxazole rings is 1. The minimum absolute atomic E-state index is 0.370. The van der Waals surface area contributed by atoms with Gasteiger partial charge in [0.15, 0.2) is 5.76 Å². The maximum absolute atomic E-state index is 5.67. The Kier molecular flexibility index (Phi) is 3.92. The third-order valence-corrected chi connectivity index (χ3v) is 4.02. The van der Waals surface area contributed by atoms with E-state index >= 15 is 0 Å². The normalized spacial score (nSPS) is 10.7. The van der Waals surface area contributed by atoms with Crippen molar-refractivity contribution in [3.8, 4) is 22.6 Å². The Hall–Kier alpha value is -1.17. The van der Waals surface area contributed by atoms with Gasteiger partial charge in [0.1, 0.15) is 0 Å². The summed E-state index contributed by atoms with van der Waals surface area (Å²) in [4.78, 5) is 3.49. The Balaban J connectivity index is 2.21. The third-order valence-electron chi connectivity index (χ3n) is 2.85. The molecule has 0 aliphatic carbocycles. The topological polar surface area (TPSA) is 28.9 Å². The molecule has 1 aromatic heterocycles. The number of aromatic amines is 1. The lowest BCUT2D eigenvalue weighted by Gasteiger charge is -2.03. The molecule has 1 heterocycles. The predicted molar refractivity (Wildman–Crippen MR) is 90.2 cm³/mol. The average Bonchev–Trinajstić information content (AvgIpc) is 2.81. The summed E-state index contributed by atoms with van der Waals surface area (Å²) in [5, 5.41) is 0. The van der Waals surface area contributed by atoms with Gasteiger partial charge in [0, 0.05) is 20.1 Å². The van der Waals surface area contributed by atoms with Crippen molar-refractivity contribution in [2.24, 2.45) is 0 Å². The lowest BCUT2D eigenvalue weighted by atomic mass is 10.1. The van der Waals surface area contributed by atoms with Crippen LogP contribution in [0.15, 0.2) is 61.9 Å². The molecule has 1 N–H and O–H groups in total. The molecular formula is C15H9Br2NOS. The summed E-state index contributed by atoms with van der Waals surface area (Å²) in [6, 6.07) is 15.9. The molecule has 3 rings (SSSR count). The van der Waals surface area contributed by atoms with Crippen LogP contribution in [0.4, 0.5) is 0 Å². The van der Waals surface area contributed by atoms with Gasteiger partial charge in [-0.1, -0.05) is 56.1 Å². The van der Waals surface area contributed by atoms with Gasteiger partial charge >= 0.3 is 0 Å². The second-order valence-corrected chi connectivity index (χ2v) is 6.44. The number of hydrogen-bond acceptors (Lipinski definition) is 2. The van der Waals surface area contributed by atoms with E-state index in [1.54, 1.807) is 0 Å². The number of H-pyrrole nitrogens is 1. The van der Waals surface area contributed by atoms with E-state index in [-0.39, 0.29) is 0 Å². The summed E-state index contributed by atoms with van der Waals surface area (Å²) < 4.78 is 7.68. The molecule has 0 atom stereocenters. The van der Waals surface area contributed by atoms with E-state index in [4.69, 9.17) is 16.6 Å². The Morgan fingerprint density at radius 3 is 2.15 bits per heavy atom. The molecule has 2 aromatic carbocycles. The maximum Gasteiger partial charge on any atom is 0.266 e. The van der Waals surface area contributed by atoms with E-state index in [1.807, 2.05) is 48.5 Å². The minimum Gasteiger partial charge on any atom is -0.429 e. The lowest BCUT2D eigenvalue weighted by molar-refractivity contribution is 0.554. The van der Waals surface area contributed by atoms with Crippen molar-refractivity contribution in [1.82, 2.24) is 4.98 Å². The van der Waals surface area contributed by atoms with Crippen molar-refractivity contribution in [1.29, 1.82) is 0 Å². The van der Waals surface area contributed by atoms with Crippen LogP contribution in [0.5, 0.6) is 0 Å². The summed E-state index contributed by atoms with van der Waals surface area (Å²) in [5.41, 5.74) is 2.88. The van der Waals surface area contributed by atoms with Crippen molar-refractivity contribution in [3.63, 3.8) is 0 Å². The van der Waals surface area contributed by atoms with Crippen LogP contribution in [0.25, 0.3) is 22.6 Å². The summed E-state index contributed by atoms with van der Waals surface area (Å²) >= 11 is 12.1. The third kappa shape index (κ3) is 2.80. The van der Waals surface area contributed by atoms with Crippen LogP contribution in [0.1, 0.15) is 0 Å². The van der Waals surface area contributed by atoms with E-state index in [0.29, 0.717) is 4.84 Å². The van der Waals surface area contributed by atoms with Gasteiger partial charge in [-0.25, -0.2) is 0 Å².